The van der Waals surface area contributed by atoms with Crippen LogP contribution >= 0.6 is 0 Å². The zero-order valence-corrected chi connectivity index (χ0v) is 14.0. The molecule has 3 rings (SSSR count). The molecule has 0 bridgehead atoms. The molecule has 24 heavy (non-hydrogen) atoms. The zero-order chi connectivity index (χ0) is 17.3. The molecule has 1 heterocycles. The van der Waals surface area contributed by atoms with Gasteiger partial charge in [0.1, 0.15) is 5.75 Å². The quantitative estimate of drug-likeness (QED) is 0.910. The molecular weight excluding hydrogens is 304 g/mol. The standard InChI is InChI=1S/C19H20N2O3/c1-11-7-8-16-15(9-11)21-19(23)17(24-16)10-18(22)20-14-6-4-5-12(2)13(14)3/h4-9,17H,10H2,1-3H3,(H,20,22)(H,21,23). The lowest BCUT2D eigenvalue weighted by molar-refractivity contribution is -0.128. The van der Waals surface area contributed by atoms with Crippen LogP contribution in [0.2, 0.25) is 0 Å². The molecule has 1 aliphatic heterocycles. The second-order valence-electron chi connectivity index (χ2n) is 6.10. The van der Waals surface area contributed by atoms with E-state index >= 15 is 0 Å². The second-order valence-corrected chi connectivity index (χ2v) is 6.10. The van der Waals surface area contributed by atoms with Gasteiger partial charge in [0.05, 0.1) is 12.1 Å². The van der Waals surface area contributed by atoms with Crippen molar-refractivity contribution in [3.8, 4) is 5.75 Å². The molecule has 5 heteroatoms. The number of hydrogen-bond acceptors (Lipinski definition) is 3. The lowest BCUT2D eigenvalue weighted by Crippen LogP contribution is -2.39. The van der Waals surface area contributed by atoms with E-state index in [1.165, 1.54) is 0 Å². The maximum absolute atomic E-state index is 12.3. The summed E-state index contributed by atoms with van der Waals surface area (Å²) in [5, 5.41) is 5.65. The Kier molecular flexibility index (Phi) is 4.25. The minimum Gasteiger partial charge on any atom is -0.478 e. The van der Waals surface area contributed by atoms with Crippen molar-refractivity contribution in [1.29, 1.82) is 0 Å². The van der Waals surface area contributed by atoms with Crippen LogP contribution in [0.4, 0.5) is 11.4 Å². The smallest absolute Gasteiger partial charge is 0.266 e. The highest BCUT2D eigenvalue weighted by Gasteiger charge is 2.29. The predicted molar refractivity (Wildman–Crippen MR) is 93.4 cm³/mol. The molecule has 0 fully saturated rings. The molecule has 124 valence electrons. The third-order valence-electron chi connectivity index (χ3n) is 4.20. The van der Waals surface area contributed by atoms with E-state index in [0.29, 0.717) is 11.4 Å². The molecule has 1 atom stereocenters. The van der Waals surface area contributed by atoms with Gasteiger partial charge in [-0.2, -0.15) is 0 Å². The lowest BCUT2D eigenvalue weighted by Gasteiger charge is -2.25. The van der Waals surface area contributed by atoms with Crippen molar-refractivity contribution in [2.75, 3.05) is 10.6 Å². The molecule has 5 nitrogen and oxygen atoms in total. The Morgan fingerprint density at radius 1 is 1.21 bits per heavy atom. The van der Waals surface area contributed by atoms with Gasteiger partial charge in [0.2, 0.25) is 5.91 Å². The van der Waals surface area contributed by atoms with E-state index in [1.807, 2.05) is 51.1 Å². The van der Waals surface area contributed by atoms with Gasteiger partial charge in [-0.05, 0) is 55.7 Å². The number of carbonyl (C=O) groups is 2. The normalized spacial score (nSPS) is 16.0. The van der Waals surface area contributed by atoms with E-state index in [2.05, 4.69) is 10.6 Å². The average Bonchev–Trinajstić information content (AvgIpc) is 2.53. The number of fused-ring (bicyclic) bond motifs is 1. The lowest BCUT2D eigenvalue weighted by atomic mass is 10.1. The summed E-state index contributed by atoms with van der Waals surface area (Å²) >= 11 is 0. The van der Waals surface area contributed by atoms with Gasteiger partial charge >= 0.3 is 0 Å². The van der Waals surface area contributed by atoms with Crippen molar-refractivity contribution in [1.82, 2.24) is 0 Å². The predicted octanol–water partition coefficient (Wildman–Crippen LogP) is 3.34. The molecule has 2 amide bonds. The van der Waals surface area contributed by atoms with Crippen LogP contribution in [0.3, 0.4) is 0 Å². The maximum atomic E-state index is 12.3. The van der Waals surface area contributed by atoms with Crippen LogP contribution in [0, 0.1) is 20.8 Å². The summed E-state index contributed by atoms with van der Waals surface area (Å²) in [5.74, 6) is 0.0355. The van der Waals surface area contributed by atoms with Gasteiger partial charge in [-0.1, -0.05) is 18.2 Å². The van der Waals surface area contributed by atoms with Gasteiger partial charge in [0.15, 0.2) is 6.10 Å². The van der Waals surface area contributed by atoms with E-state index < -0.39 is 6.10 Å². The third-order valence-corrected chi connectivity index (χ3v) is 4.20. The Morgan fingerprint density at radius 3 is 2.79 bits per heavy atom. The molecule has 0 spiro atoms. The van der Waals surface area contributed by atoms with Crippen molar-refractivity contribution in [3.63, 3.8) is 0 Å². The third kappa shape index (κ3) is 3.25. The van der Waals surface area contributed by atoms with Crippen LogP contribution < -0.4 is 15.4 Å². The van der Waals surface area contributed by atoms with Gasteiger partial charge in [-0.3, -0.25) is 9.59 Å². The summed E-state index contributed by atoms with van der Waals surface area (Å²) in [6.07, 6.45) is -0.864. The summed E-state index contributed by atoms with van der Waals surface area (Å²) in [6, 6.07) is 11.3. The number of nitrogens with one attached hydrogen (secondary N) is 2. The molecule has 2 aromatic rings. The number of hydrogen-bond donors (Lipinski definition) is 2. The number of ether oxygens (including phenoxy) is 1. The number of carbonyl (C=O) groups excluding carboxylic acids is 2. The molecular formula is C19H20N2O3. The van der Waals surface area contributed by atoms with E-state index in [0.717, 1.165) is 22.4 Å². The maximum Gasteiger partial charge on any atom is 0.266 e. The Morgan fingerprint density at radius 2 is 2.00 bits per heavy atom. The molecule has 1 unspecified atom stereocenters. The highest BCUT2D eigenvalue weighted by molar-refractivity contribution is 6.02. The summed E-state index contributed by atoms with van der Waals surface area (Å²) in [6.45, 7) is 5.88. The summed E-state index contributed by atoms with van der Waals surface area (Å²) in [7, 11) is 0. The van der Waals surface area contributed by atoms with Crippen LogP contribution in [-0.2, 0) is 9.59 Å². The van der Waals surface area contributed by atoms with Gasteiger partial charge in [0, 0.05) is 5.69 Å². The molecule has 0 saturated carbocycles. The van der Waals surface area contributed by atoms with Crippen LogP contribution in [-0.4, -0.2) is 17.9 Å². The van der Waals surface area contributed by atoms with Crippen LogP contribution in [0.5, 0.6) is 5.75 Å². The first-order valence-electron chi connectivity index (χ1n) is 7.88. The monoisotopic (exact) mass is 324 g/mol. The Hall–Kier alpha value is -2.82. The van der Waals surface area contributed by atoms with Crippen LogP contribution in [0.15, 0.2) is 36.4 Å². The second kappa shape index (κ2) is 6.35. The molecule has 0 saturated heterocycles. The highest BCUT2D eigenvalue weighted by atomic mass is 16.5. The van der Waals surface area contributed by atoms with Gasteiger partial charge in [-0.25, -0.2) is 0 Å². The largest absolute Gasteiger partial charge is 0.478 e. The SMILES string of the molecule is Cc1ccc2c(c1)NC(=O)C(CC(=O)Nc1cccc(C)c1C)O2. The molecule has 2 N–H and O–H groups in total. The topological polar surface area (TPSA) is 67.4 Å². The fourth-order valence-corrected chi connectivity index (χ4v) is 2.65. The first kappa shape index (κ1) is 16.1. The molecule has 0 aromatic heterocycles. The van der Waals surface area contributed by atoms with Crippen molar-refractivity contribution < 1.29 is 14.3 Å². The van der Waals surface area contributed by atoms with Crippen LogP contribution in [0.1, 0.15) is 23.1 Å². The number of rotatable bonds is 3. The number of aryl methyl sites for hydroxylation is 2. The molecule has 0 radical (unpaired) electrons. The summed E-state index contributed by atoms with van der Waals surface area (Å²) in [5.41, 5.74) is 4.55. The fraction of sp³-hybridized carbons (Fsp3) is 0.263. The fourth-order valence-electron chi connectivity index (χ4n) is 2.65. The highest BCUT2D eigenvalue weighted by Crippen LogP contribution is 2.31. The average molecular weight is 324 g/mol. The van der Waals surface area contributed by atoms with Gasteiger partial charge < -0.3 is 15.4 Å². The first-order valence-corrected chi connectivity index (χ1v) is 7.88. The van der Waals surface area contributed by atoms with E-state index in [9.17, 15) is 9.59 Å². The minimum atomic E-state index is -0.828. The summed E-state index contributed by atoms with van der Waals surface area (Å²) in [4.78, 5) is 24.4. The van der Waals surface area contributed by atoms with E-state index in [-0.39, 0.29) is 18.2 Å². The van der Waals surface area contributed by atoms with E-state index in [4.69, 9.17) is 4.74 Å². The van der Waals surface area contributed by atoms with Crippen molar-refractivity contribution in [3.05, 3.63) is 53.1 Å². The van der Waals surface area contributed by atoms with Crippen molar-refractivity contribution in [2.45, 2.75) is 33.3 Å². The molecule has 2 aromatic carbocycles. The van der Waals surface area contributed by atoms with Crippen LogP contribution in [0.25, 0.3) is 0 Å². The summed E-state index contributed by atoms with van der Waals surface area (Å²) < 4.78 is 5.69. The Labute approximate surface area is 141 Å². The molecule has 0 aliphatic carbocycles. The van der Waals surface area contributed by atoms with Gasteiger partial charge in [0.25, 0.3) is 5.91 Å². The van der Waals surface area contributed by atoms with Crippen molar-refractivity contribution >= 4 is 23.2 Å². The molecule has 1 aliphatic rings. The number of benzene rings is 2. The Balaban J connectivity index is 1.69. The van der Waals surface area contributed by atoms with E-state index in [1.54, 1.807) is 6.07 Å². The Bertz CT molecular complexity index is 814. The minimum absolute atomic E-state index is 0.0352. The number of amides is 2. The first-order chi connectivity index (χ1) is 11.4. The zero-order valence-electron chi connectivity index (χ0n) is 14.0. The van der Waals surface area contributed by atoms with Gasteiger partial charge in [-0.15, -0.1) is 0 Å². The van der Waals surface area contributed by atoms with Crippen molar-refractivity contribution in [2.24, 2.45) is 0 Å². The number of anilines is 2.